The van der Waals surface area contributed by atoms with E-state index in [-0.39, 0.29) is 18.0 Å². The second kappa shape index (κ2) is 4.96. The fraction of sp³-hybridized carbons (Fsp3) is 0.214. The molecule has 4 heteroatoms. The summed E-state index contributed by atoms with van der Waals surface area (Å²) in [4.78, 5) is 34.5. The van der Waals surface area contributed by atoms with Crippen molar-refractivity contribution in [3.63, 3.8) is 0 Å². The van der Waals surface area contributed by atoms with Gasteiger partial charge in [-0.05, 0) is 30.2 Å². The smallest absolute Gasteiger partial charge is 0.338 e. The van der Waals surface area contributed by atoms with Gasteiger partial charge in [0.05, 0.1) is 12.2 Å². The van der Waals surface area contributed by atoms with Crippen LogP contribution in [0.3, 0.4) is 0 Å². The Hall–Kier alpha value is -2.23. The van der Waals surface area contributed by atoms with Crippen molar-refractivity contribution in [2.24, 2.45) is 0 Å². The van der Waals surface area contributed by atoms with E-state index in [1.807, 2.05) is 0 Å². The van der Waals surface area contributed by atoms with Crippen molar-refractivity contribution in [2.75, 3.05) is 6.61 Å². The SMILES string of the molecule is CCOC(=O)c1cccc2c1C(C=O)C(=O)C=C2. The maximum atomic E-state index is 11.8. The van der Waals surface area contributed by atoms with Crippen LogP contribution in [0.4, 0.5) is 0 Å². The van der Waals surface area contributed by atoms with E-state index in [4.69, 9.17) is 4.74 Å². The van der Waals surface area contributed by atoms with E-state index in [1.165, 1.54) is 6.08 Å². The van der Waals surface area contributed by atoms with Crippen molar-refractivity contribution in [3.05, 3.63) is 41.0 Å². The minimum absolute atomic E-state index is 0.248. The average molecular weight is 244 g/mol. The number of allylic oxidation sites excluding steroid dienone is 1. The van der Waals surface area contributed by atoms with Crippen molar-refractivity contribution in [2.45, 2.75) is 12.8 Å². The Kier molecular flexibility index (Phi) is 3.37. The van der Waals surface area contributed by atoms with E-state index >= 15 is 0 Å². The molecule has 0 bridgehead atoms. The highest BCUT2D eigenvalue weighted by Gasteiger charge is 2.28. The molecule has 1 aliphatic carbocycles. The third-order valence-electron chi connectivity index (χ3n) is 2.82. The topological polar surface area (TPSA) is 60.4 Å². The first kappa shape index (κ1) is 12.2. The van der Waals surface area contributed by atoms with E-state index < -0.39 is 11.9 Å². The van der Waals surface area contributed by atoms with Crippen molar-refractivity contribution >= 4 is 24.1 Å². The van der Waals surface area contributed by atoms with Crippen molar-refractivity contribution < 1.29 is 19.1 Å². The van der Waals surface area contributed by atoms with Gasteiger partial charge < -0.3 is 9.53 Å². The lowest BCUT2D eigenvalue weighted by Crippen LogP contribution is -2.20. The van der Waals surface area contributed by atoms with Crippen LogP contribution in [0.15, 0.2) is 24.3 Å². The summed E-state index contributed by atoms with van der Waals surface area (Å²) in [6.07, 6.45) is 3.53. The molecule has 1 unspecified atom stereocenters. The summed E-state index contributed by atoms with van der Waals surface area (Å²) in [5.41, 5.74) is 1.43. The molecule has 1 aromatic rings. The van der Waals surface area contributed by atoms with Crippen LogP contribution in [0.2, 0.25) is 0 Å². The number of ketones is 1. The highest BCUT2D eigenvalue weighted by atomic mass is 16.5. The monoisotopic (exact) mass is 244 g/mol. The van der Waals surface area contributed by atoms with Crippen LogP contribution in [0.1, 0.15) is 34.3 Å². The van der Waals surface area contributed by atoms with E-state index in [0.717, 1.165) is 0 Å². The number of ether oxygens (including phenoxy) is 1. The number of carbonyl (C=O) groups is 3. The molecule has 0 saturated heterocycles. The molecule has 0 radical (unpaired) electrons. The summed E-state index contributed by atoms with van der Waals surface area (Å²) < 4.78 is 4.93. The molecule has 0 fully saturated rings. The molecule has 1 aromatic carbocycles. The number of hydrogen-bond donors (Lipinski definition) is 0. The largest absolute Gasteiger partial charge is 0.462 e. The second-order valence-electron chi connectivity index (χ2n) is 3.88. The zero-order chi connectivity index (χ0) is 13.1. The number of rotatable bonds is 3. The second-order valence-corrected chi connectivity index (χ2v) is 3.88. The minimum Gasteiger partial charge on any atom is -0.462 e. The molecule has 0 N–H and O–H groups in total. The highest BCUT2D eigenvalue weighted by molar-refractivity contribution is 6.12. The van der Waals surface area contributed by atoms with Crippen LogP contribution in [0, 0.1) is 0 Å². The minimum atomic E-state index is -0.911. The molecule has 0 spiro atoms. The van der Waals surface area contributed by atoms with Crippen LogP contribution >= 0.6 is 0 Å². The average Bonchev–Trinajstić information content (AvgIpc) is 2.38. The molecule has 92 valence electrons. The Morgan fingerprint density at radius 1 is 1.39 bits per heavy atom. The molecule has 4 nitrogen and oxygen atoms in total. The van der Waals surface area contributed by atoms with Gasteiger partial charge in [0.2, 0.25) is 0 Å². The lowest BCUT2D eigenvalue weighted by atomic mass is 9.84. The van der Waals surface area contributed by atoms with Crippen molar-refractivity contribution in [1.29, 1.82) is 0 Å². The van der Waals surface area contributed by atoms with Gasteiger partial charge in [0, 0.05) is 0 Å². The number of carbonyl (C=O) groups excluding carboxylic acids is 3. The van der Waals surface area contributed by atoms with Crippen LogP contribution in [0.25, 0.3) is 6.08 Å². The number of aldehydes is 1. The van der Waals surface area contributed by atoms with Gasteiger partial charge >= 0.3 is 5.97 Å². The molecule has 0 saturated carbocycles. The van der Waals surface area contributed by atoms with Crippen LogP contribution in [-0.2, 0) is 14.3 Å². The Morgan fingerprint density at radius 3 is 2.83 bits per heavy atom. The fourth-order valence-corrected chi connectivity index (χ4v) is 2.02. The first-order valence-corrected chi connectivity index (χ1v) is 5.66. The summed E-state index contributed by atoms with van der Waals surface area (Å²) in [7, 11) is 0. The Morgan fingerprint density at radius 2 is 2.17 bits per heavy atom. The number of fused-ring (bicyclic) bond motifs is 1. The molecule has 0 heterocycles. The van der Waals surface area contributed by atoms with Gasteiger partial charge in [-0.25, -0.2) is 4.79 Å². The predicted molar refractivity (Wildman–Crippen MR) is 65.2 cm³/mol. The Balaban J connectivity index is 2.58. The van der Waals surface area contributed by atoms with E-state index in [0.29, 0.717) is 17.4 Å². The van der Waals surface area contributed by atoms with E-state index in [1.54, 1.807) is 31.2 Å². The first-order chi connectivity index (χ1) is 8.69. The van der Waals surface area contributed by atoms with Crippen molar-refractivity contribution in [3.8, 4) is 0 Å². The maximum Gasteiger partial charge on any atom is 0.338 e. The van der Waals surface area contributed by atoms with Gasteiger partial charge in [0.15, 0.2) is 5.78 Å². The van der Waals surface area contributed by atoms with Crippen molar-refractivity contribution in [1.82, 2.24) is 0 Å². The number of esters is 1. The molecular weight excluding hydrogens is 232 g/mol. The van der Waals surface area contributed by atoms with E-state index in [2.05, 4.69) is 0 Å². The molecular formula is C14H12O4. The van der Waals surface area contributed by atoms with Gasteiger partial charge in [-0.3, -0.25) is 4.79 Å². The third kappa shape index (κ3) is 1.97. The van der Waals surface area contributed by atoms with Crippen LogP contribution in [0.5, 0.6) is 0 Å². The highest BCUT2D eigenvalue weighted by Crippen LogP contribution is 2.29. The molecule has 1 atom stereocenters. The zero-order valence-electron chi connectivity index (χ0n) is 9.88. The summed E-state index contributed by atoms with van der Waals surface area (Å²) in [5, 5.41) is 0. The number of hydrogen-bond acceptors (Lipinski definition) is 4. The van der Waals surface area contributed by atoms with Crippen LogP contribution in [-0.4, -0.2) is 24.6 Å². The normalized spacial score (nSPS) is 17.2. The summed E-state index contributed by atoms with van der Waals surface area (Å²) >= 11 is 0. The van der Waals surface area contributed by atoms with Crippen LogP contribution < -0.4 is 0 Å². The molecule has 0 aliphatic heterocycles. The molecule has 0 aromatic heterocycles. The third-order valence-corrected chi connectivity index (χ3v) is 2.82. The van der Waals surface area contributed by atoms with Gasteiger partial charge in [-0.15, -0.1) is 0 Å². The molecule has 0 amide bonds. The summed E-state index contributed by atoms with van der Waals surface area (Å²) in [6, 6.07) is 5.03. The Labute approximate surface area is 104 Å². The zero-order valence-corrected chi connectivity index (χ0v) is 9.88. The predicted octanol–water partition coefficient (Wildman–Crippen LogP) is 1.74. The standard InChI is InChI=1S/C14H12O4/c1-2-18-14(17)10-5-3-4-9-6-7-12(16)11(8-15)13(9)10/h3-8,11H,2H2,1H3. The summed E-state index contributed by atoms with van der Waals surface area (Å²) in [6.45, 7) is 1.95. The number of benzene rings is 1. The summed E-state index contributed by atoms with van der Waals surface area (Å²) in [5.74, 6) is -1.73. The van der Waals surface area contributed by atoms with E-state index in [9.17, 15) is 14.4 Å². The Bertz CT molecular complexity index is 543. The molecule has 2 rings (SSSR count). The molecule has 1 aliphatic rings. The van der Waals surface area contributed by atoms with Gasteiger partial charge in [0.1, 0.15) is 12.2 Å². The quantitative estimate of drug-likeness (QED) is 0.461. The van der Waals surface area contributed by atoms with Gasteiger partial charge in [-0.1, -0.05) is 18.2 Å². The van der Waals surface area contributed by atoms with Gasteiger partial charge in [-0.2, -0.15) is 0 Å². The van der Waals surface area contributed by atoms with Gasteiger partial charge in [0.25, 0.3) is 0 Å². The lowest BCUT2D eigenvalue weighted by molar-refractivity contribution is -0.120. The molecule has 18 heavy (non-hydrogen) atoms. The first-order valence-electron chi connectivity index (χ1n) is 5.66. The maximum absolute atomic E-state index is 11.8. The fourth-order valence-electron chi connectivity index (χ4n) is 2.02. The lowest BCUT2D eigenvalue weighted by Gasteiger charge is -2.18.